The molecule has 0 aromatic heterocycles. The van der Waals surface area contributed by atoms with Crippen LogP contribution in [-0.2, 0) is 17.8 Å². The lowest BCUT2D eigenvalue weighted by Crippen LogP contribution is -2.30. The first-order valence-electron chi connectivity index (χ1n) is 11.6. The second-order valence-corrected chi connectivity index (χ2v) is 11.3. The van der Waals surface area contributed by atoms with E-state index < -0.39 is 0 Å². The number of hydrogen-bond donors (Lipinski definition) is 2. The van der Waals surface area contributed by atoms with Crippen molar-refractivity contribution in [2.24, 2.45) is 0 Å². The van der Waals surface area contributed by atoms with Crippen LogP contribution in [0.25, 0.3) is 16.8 Å². The summed E-state index contributed by atoms with van der Waals surface area (Å²) in [6, 6.07) is 26.7. The highest BCUT2D eigenvalue weighted by atomic mass is 79.9. The molecule has 4 aromatic rings. The minimum absolute atomic E-state index is 0.0915. The molecule has 1 amide bonds. The Morgan fingerprint density at radius 2 is 1.72 bits per heavy atom. The molecule has 1 aliphatic heterocycles. The number of hydrogen-bond acceptors (Lipinski definition) is 4. The van der Waals surface area contributed by atoms with E-state index in [1.807, 2.05) is 48.5 Å². The van der Waals surface area contributed by atoms with Gasteiger partial charge in [0.1, 0.15) is 12.4 Å². The Balaban J connectivity index is 1.28. The van der Waals surface area contributed by atoms with Crippen LogP contribution in [-0.4, -0.2) is 11.4 Å². The van der Waals surface area contributed by atoms with Crippen LogP contribution >= 0.6 is 43.6 Å². The summed E-state index contributed by atoms with van der Waals surface area (Å²) in [6.07, 6.45) is 2.89. The van der Waals surface area contributed by atoms with Gasteiger partial charge < -0.3 is 15.4 Å². The molecule has 4 aromatic carbocycles. The summed E-state index contributed by atoms with van der Waals surface area (Å²) in [7, 11) is 0. The van der Waals surface area contributed by atoms with Crippen LogP contribution < -0.4 is 15.4 Å². The van der Waals surface area contributed by atoms with Crippen molar-refractivity contribution in [1.29, 1.82) is 0 Å². The van der Waals surface area contributed by atoms with E-state index in [-0.39, 0.29) is 11.4 Å². The smallest absolute Gasteiger partial charge is 0.260 e. The summed E-state index contributed by atoms with van der Waals surface area (Å²) in [5.41, 5.74) is 4.07. The lowest BCUT2D eigenvalue weighted by atomic mass is 10.1. The molecule has 2 N–H and O–H groups in total. The molecule has 5 rings (SSSR count). The Bertz CT molecular complexity index is 1430. The summed E-state index contributed by atoms with van der Waals surface area (Å²) in [5.74, 6) is 0.634. The maximum atomic E-state index is 12.6. The van der Waals surface area contributed by atoms with E-state index in [0.717, 1.165) is 37.9 Å². The lowest BCUT2D eigenvalue weighted by Gasteiger charge is -2.13. The van der Waals surface area contributed by atoms with Crippen LogP contribution in [0.2, 0.25) is 0 Å². The largest absolute Gasteiger partial charge is 0.487 e. The molecule has 1 aliphatic rings. The van der Waals surface area contributed by atoms with Gasteiger partial charge in [0.2, 0.25) is 0 Å². The van der Waals surface area contributed by atoms with Gasteiger partial charge in [-0.15, -0.1) is 0 Å². The van der Waals surface area contributed by atoms with Crippen molar-refractivity contribution in [2.75, 3.05) is 5.32 Å². The molecule has 0 unspecified atom stereocenters. The van der Waals surface area contributed by atoms with Gasteiger partial charge in [-0.05, 0) is 96.1 Å². The van der Waals surface area contributed by atoms with Gasteiger partial charge in [0.05, 0.1) is 13.9 Å². The summed E-state index contributed by atoms with van der Waals surface area (Å²) < 4.78 is 7.83. The second kappa shape index (κ2) is 11.1. The number of anilines is 1. The number of carbonyl (C=O) groups excluding carboxylic acids is 1. The number of ether oxygens (including phenoxy) is 1. The Hall–Kier alpha value is -2.74. The van der Waals surface area contributed by atoms with E-state index in [9.17, 15) is 4.79 Å². The SMILES string of the molecule is CCc1ccc(N[C@H]2NC(=O)/C(=C/c3cc(Br)c(OCc4cccc5ccccc45)c(Br)c3)S2)cc1. The standard InChI is InChI=1S/C29H24Br2N2O2S/c1-2-18-10-12-22(13-11-18)32-29-33-28(34)26(36-29)16-19-14-24(30)27(25(31)15-19)35-17-21-8-5-7-20-6-3-4-9-23(20)21/h3-16,29,32H,2,17H2,1H3,(H,33,34)/b26-16-/t29-/m0/s1. The van der Waals surface area contributed by atoms with E-state index >= 15 is 0 Å². The molecular formula is C29H24Br2N2O2S. The molecule has 0 aliphatic carbocycles. The third-order valence-corrected chi connectivity index (χ3v) is 8.17. The van der Waals surface area contributed by atoms with E-state index in [0.29, 0.717) is 11.5 Å². The van der Waals surface area contributed by atoms with E-state index in [4.69, 9.17) is 4.74 Å². The van der Waals surface area contributed by atoms with Gasteiger partial charge in [-0.1, -0.05) is 73.3 Å². The zero-order valence-electron chi connectivity index (χ0n) is 19.6. The van der Waals surface area contributed by atoms with Crippen LogP contribution in [0, 0.1) is 0 Å². The summed E-state index contributed by atoms with van der Waals surface area (Å²) in [5, 5.41) is 8.73. The number of halogens is 2. The fraction of sp³-hybridized carbons (Fsp3) is 0.138. The third kappa shape index (κ3) is 5.64. The highest BCUT2D eigenvalue weighted by Crippen LogP contribution is 2.38. The normalized spacial score (nSPS) is 16.4. The summed E-state index contributed by atoms with van der Waals surface area (Å²) in [6.45, 7) is 2.58. The quantitative estimate of drug-likeness (QED) is 0.204. The van der Waals surface area contributed by atoms with Crippen LogP contribution in [0.5, 0.6) is 5.75 Å². The van der Waals surface area contributed by atoms with Crippen molar-refractivity contribution >= 4 is 72.1 Å². The molecule has 0 saturated carbocycles. The predicted molar refractivity (Wildman–Crippen MR) is 157 cm³/mol. The first-order valence-corrected chi connectivity index (χ1v) is 14.1. The Kier molecular flexibility index (Phi) is 7.70. The number of benzene rings is 4. The topological polar surface area (TPSA) is 50.4 Å². The van der Waals surface area contributed by atoms with E-state index in [1.165, 1.54) is 28.1 Å². The molecule has 1 heterocycles. The molecule has 0 bridgehead atoms. The number of thioether (sulfide) groups is 1. The lowest BCUT2D eigenvalue weighted by molar-refractivity contribution is -0.116. The Morgan fingerprint density at radius 1 is 1.00 bits per heavy atom. The second-order valence-electron chi connectivity index (χ2n) is 8.42. The summed E-state index contributed by atoms with van der Waals surface area (Å²) >= 11 is 8.77. The minimum Gasteiger partial charge on any atom is -0.487 e. The number of amides is 1. The number of aryl methyl sites for hydroxylation is 1. The van der Waals surface area contributed by atoms with Gasteiger partial charge in [0, 0.05) is 5.69 Å². The van der Waals surface area contributed by atoms with E-state index in [1.54, 1.807) is 0 Å². The van der Waals surface area contributed by atoms with Crippen molar-refractivity contribution in [3.05, 3.63) is 109 Å². The Morgan fingerprint density at radius 3 is 2.47 bits per heavy atom. The predicted octanol–water partition coefficient (Wildman–Crippen LogP) is 8.11. The molecule has 182 valence electrons. The fourth-order valence-corrected chi connectivity index (χ4v) is 6.51. The van der Waals surface area contributed by atoms with Crippen molar-refractivity contribution in [3.63, 3.8) is 0 Å². The van der Waals surface area contributed by atoms with Gasteiger partial charge in [-0.25, -0.2) is 0 Å². The van der Waals surface area contributed by atoms with Gasteiger partial charge in [-0.3, -0.25) is 4.79 Å². The molecule has 0 spiro atoms. The van der Waals surface area contributed by atoms with Crippen molar-refractivity contribution < 1.29 is 9.53 Å². The zero-order valence-corrected chi connectivity index (χ0v) is 23.5. The maximum absolute atomic E-state index is 12.6. The average Bonchev–Trinajstić information content (AvgIpc) is 3.22. The third-order valence-electron chi connectivity index (χ3n) is 5.96. The first-order chi connectivity index (χ1) is 17.5. The monoisotopic (exact) mass is 622 g/mol. The molecule has 0 radical (unpaired) electrons. The number of nitrogens with one attached hydrogen (secondary N) is 2. The van der Waals surface area contributed by atoms with Crippen LogP contribution in [0.15, 0.2) is 92.7 Å². The molecule has 36 heavy (non-hydrogen) atoms. The zero-order chi connectivity index (χ0) is 25.1. The molecular weight excluding hydrogens is 600 g/mol. The molecule has 1 fully saturated rings. The molecule has 7 heteroatoms. The average molecular weight is 624 g/mol. The highest BCUT2D eigenvalue weighted by Gasteiger charge is 2.27. The maximum Gasteiger partial charge on any atom is 0.260 e. The Labute approximate surface area is 231 Å². The fourth-order valence-electron chi connectivity index (χ4n) is 4.07. The first kappa shape index (κ1) is 24.9. The van der Waals surface area contributed by atoms with Gasteiger partial charge in [0.15, 0.2) is 5.50 Å². The van der Waals surface area contributed by atoms with Gasteiger partial charge in [-0.2, -0.15) is 0 Å². The highest BCUT2D eigenvalue weighted by molar-refractivity contribution is 9.11. The van der Waals surface area contributed by atoms with Gasteiger partial charge in [0.25, 0.3) is 5.91 Å². The van der Waals surface area contributed by atoms with Crippen LogP contribution in [0.1, 0.15) is 23.6 Å². The van der Waals surface area contributed by atoms with Crippen LogP contribution in [0.4, 0.5) is 5.69 Å². The minimum atomic E-state index is -0.216. The molecule has 4 nitrogen and oxygen atoms in total. The van der Waals surface area contributed by atoms with E-state index in [2.05, 4.69) is 85.8 Å². The van der Waals surface area contributed by atoms with Crippen molar-refractivity contribution in [1.82, 2.24) is 5.32 Å². The van der Waals surface area contributed by atoms with Gasteiger partial charge >= 0.3 is 0 Å². The number of fused-ring (bicyclic) bond motifs is 1. The number of carbonyl (C=O) groups is 1. The van der Waals surface area contributed by atoms with Crippen molar-refractivity contribution in [3.8, 4) is 5.75 Å². The van der Waals surface area contributed by atoms with Crippen molar-refractivity contribution in [2.45, 2.75) is 25.4 Å². The molecule has 1 atom stereocenters. The van der Waals surface area contributed by atoms with Crippen LogP contribution in [0.3, 0.4) is 0 Å². The summed E-state index contributed by atoms with van der Waals surface area (Å²) in [4.78, 5) is 13.2. The number of rotatable bonds is 7. The molecule has 1 saturated heterocycles.